The van der Waals surface area contributed by atoms with Crippen molar-refractivity contribution >= 4 is 15.9 Å². The van der Waals surface area contributed by atoms with Gasteiger partial charge >= 0.3 is 0 Å². The molecule has 138 valence electrons. The van der Waals surface area contributed by atoms with Crippen molar-refractivity contribution in [2.45, 2.75) is 36.5 Å². The van der Waals surface area contributed by atoms with E-state index in [1.807, 2.05) is 0 Å². The van der Waals surface area contributed by atoms with Crippen LogP contribution in [0.25, 0.3) is 0 Å². The SMILES string of the molecule is CCNC(=O)C[C@H]1C=C[C@@H](NS(=O)(=O)c2ccc(F)cc2)[C@@H](CO)O1. The topological polar surface area (TPSA) is 105 Å². The van der Waals surface area contributed by atoms with Crippen molar-refractivity contribution in [2.24, 2.45) is 0 Å². The maximum absolute atomic E-state index is 12.9. The molecule has 0 spiro atoms. The molecule has 0 bridgehead atoms. The molecular weight excluding hydrogens is 351 g/mol. The highest BCUT2D eigenvalue weighted by Crippen LogP contribution is 2.18. The maximum Gasteiger partial charge on any atom is 0.241 e. The molecule has 0 radical (unpaired) electrons. The quantitative estimate of drug-likeness (QED) is 0.598. The van der Waals surface area contributed by atoms with Crippen LogP contribution < -0.4 is 10.0 Å². The zero-order chi connectivity index (χ0) is 18.4. The number of nitrogens with one attached hydrogen (secondary N) is 2. The molecule has 3 N–H and O–H groups in total. The number of amides is 1. The summed E-state index contributed by atoms with van der Waals surface area (Å²) < 4.78 is 45.6. The van der Waals surface area contributed by atoms with Crippen LogP contribution in [-0.2, 0) is 19.6 Å². The number of hydrogen-bond donors (Lipinski definition) is 3. The van der Waals surface area contributed by atoms with E-state index in [0.717, 1.165) is 24.3 Å². The fourth-order valence-electron chi connectivity index (χ4n) is 2.42. The van der Waals surface area contributed by atoms with Gasteiger partial charge < -0.3 is 15.2 Å². The van der Waals surface area contributed by atoms with Gasteiger partial charge in [0.1, 0.15) is 11.9 Å². The number of hydrogen-bond acceptors (Lipinski definition) is 5. The first-order chi connectivity index (χ1) is 11.9. The number of halogens is 1. The number of benzene rings is 1. The summed E-state index contributed by atoms with van der Waals surface area (Å²) in [5, 5.41) is 12.1. The maximum atomic E-state index is 12.9. The highest BCUT2D eigenvalue weighted by molar-refractivity contribution is 7.89. The fraction of sp³-hybridized carbons (Fsp3) is 0.438. The fourth-order valence-corrected chi connectivity index (χ4v) is 3.64. The molecular formula is C16H21FN2O5S. The van der Waals surface area contributed by atoms with Crippen molar-refractivity contribution in [3.8, 4) is 0 Å². The first-order valence-electron chi connectivity index (χ1n) is 7.85. The molecule has 1 aliphatic heterocycles. The Morgan fingerprint density at radius 2 is 1.96 bits per heavy atom. The first kappa shape index (κ1) is 19.5. The Morgan fingerprint density at radius 3 is 2.56 bits per heavy atom. The number of aliphatic hydroxyl groups excluding tert-OH is 1. The lowest BCUT2D eigenvalue weighted by Crippen LogP contribution is -2.49. The van der Waals surface area contributed by atoms with Gasteiger partial charge in [-0.3, -0.25) is 4.79 Å². The van der Waals surface area contributed by atoms with E-state index in [-0.39, 0.29) is 17.2 Å². The summed E-state index contributed by atoms with van der Waals surface area (Å²) in [6.07, 6.45) is 1.84. The summed E-state index contributed by atoms with van der Waals surface area (Å²) in [6, 6.07) is 3.60. The van der Waals surface area contributed by atoms with Crippen molar-refractivity contribution < 1.29 is 27.4 Å². The molecule has 2 rings (SSSR count). The van der Waals surface area contributed by atoms with Gasteiger partial charge in [-0.2, -0.15) is 0 Å². The van der Waals surface area contributed by atoms with Gasteiger partial charge in [0.05, 0.1) is 30.1 Å². The lowest BCUT2D eigenvalue weighted by molar-refractivity contribution is -0.125. The Bertz CT molecular complexity index is 721. The lowest BCUT2D eigenvalue weighted by Gasteiger charge is -2.31. The number of ether oxygens (including phenoxy) is 1. The number of carbonyl (C=O) groups excluding carboxylic acids is 1. The molecule has 0 saturated heterocycles. The van der Waals surface area contributed by atoms with E-state index in [0.29, 0.717) is 6.54 Å². The van der Waals surface area contributed by atoms with Crippen LogP contribution in [0.15, 0.2) is 41.3 Å². The normalized spacial score (nSPS) is 23.4. The van der Waals surface area contributed by atoms with Crippen LogP contribution in [0.5, 0.6) is 0 Å². The van der Waals surface area contributed by atoms with Gasteiger partial charge in [-0.1, -0.05) is 12.2 Å². The van der Waals surface area contributed by atoms with Crippen LogP contribution in [0.4, 0.5) is 4.39 Å². The summed E-state index contributed by atoms with van der Waals surface area (Å²) in [7, 11) is -3.91. The Hall–Kier alpha value is -1.81. The molecule has 9 heteroatoms. The molecule has 25 heavy (non-hydrogen) atoms. The first-order valence-corrected chi connectivity index (χ1v) is 9.33. The Balaban J connectivity index is 2.08. The Kier molecular flexibility index (Phi) is 6.65. The number of aliphatic hydroxyl groups is 1. The van der Waals surface area contributed by atoms with E-state index >= 15 is 0 Å². The van der Waals surface area contributed by atoms with Crippen LogP contribution in [0.3, 0.4) is 0 Å². The third kappa shape index (κ3) is 5.33. The Morgan fingerprint density at radius 1 is 1.28 bits per heavy atom. The molecule has 1 aromatic carbocycles. The second-order valence-electron chi connectivity index (χ2n) is 5.54. The average Bonchev–Trinajstić information content (AvgIpc) is 2.56. The highest BCUT2D eigenvalue weighted by atomic mass is 32.2. The van der Waals surface area contributed by atoms with Crippen LogP contribution >= 0.6 is 0 Å². The van der Waals surface area contributed by atoms with Crippen molar-refractivity contribution in [3.63, 3.8) is 0 Å². The summed E-state index contributed by atoms with van der Waals surface area (Å²) in [6.45, 7) is 1.87. The van der Waals surface area contributed by atoms with Gasteiger partial charge in [0.15, 0.2) is 0 Å². The van der Waals surface area contributed by atoms with E-state index in [1.165, 1.54) is 0 Å². The van der Waals surface area contributed by atoms with Crippen LogP contribution in [0.1, 0.15) is 13.3 Å². The summed E-state index contributed by atoms with van der Waals surface area (Å²) >= 11 is 0. The molecule has 0 aromatic heterocycles. The third-order valence-corrected chi connectivity index (χ3v) is 5.11. The molecule has 7 nitrogen and oxygen atoms in total. The van der Waals surface area contributed by atoms with Crippen molar-refractivity contribution in [2.75, 3.05) is 13.2 Å². The zero-order valence-corrected chi connectivity index (χ0v) is 14.5. The molecule has 0 unspecified atom stereocenters. The number of sulfonamides is 1. The second-order valence-corrected chi connectivity index (χ2v) is 7.25. The zero-order valence-electron chi connectivity index (χ0n) is 13.7. The number of rotatable bonds is 7. The average molecular weight is 372 g/mol. The van der Waals surface area contributed by atoms with Crippen LogP contribution in [-0.4, -0.2) is 50.8 Å². The minimum absolute atomic E-state index is 0.0816. The largest absolute Gasteiger partial charge is 0.394 e. The molecule has 1 aliphatic rings. The van der Waals surface area contributed by atoms with Gasteiger partial charge in [-0.05, 0) is 31.2 Å². The van der Waals surface area contributed by atoms with Gasteiger partial charge in [-0.15, -0.1) is 0 Å². The minimum atomic E-state index is -3.91. The predicted molar refractivity (Wildman–Crippen MR) is 88.7 cm³/mol. The lowest BCUT2D eigenvalue weighted by atomic mass is 10.1. The monoisotopic (exact) mass is 372 g/mol. The van der Waals surface area contributed by atoms with Crippen molar-refractivity contribution in [3.05, 3.63) is 42.2 Å². The standard InChI is InChI=1S/C16H21FN2O5S/c1-2-18-16(21)9-12-5-8-14(15(10-20)24-12)19-25(22,23)13-6-3-11(17)4-7-13/h3-8,12,14-15,19-20H,2,9-10H2,1H3,(H,18,21)/t12-,14-,15-/m1/s1. The van der Waals surface area contributed by atoms with Crippen molar-refractivity contribution in [1.29, 1.82) is 0 Å². The van der Waals surface area contributed by atoms with Gasteiger partial charge in [-0.25, -0.2) is 17.5 Å². The van der Waals surface area contributed by atoms with E-state index in [1.54, 1.807) is 19.1 Å². The molecule has 0 aliphatic carbocycles. The van der Waals surface area contributed by atoms with Crippen LogP contribution in [0.2, 0.25) is 0 Å². The highest BCUT2D eigenvalue weighted by Gasteiger charge is 2.31. The van der Waals surface area contributed by atoms with Crippen LogP contribution in [0, 0.1) is 5.82 Å². The van der Waals surface area contributed by atoms with E-state index in [9.17, 15) is 22.7 Å². The van der Waals surface area contributed by atoms with E-state index in [4.69, 9.17) is 4.74 Å². The predicted octanol–water partition coefficient (Wildman–Crippen LogP) is 0.315. The third-order valence-electron chi connectivity index (χ3n) is 3.64. The molecule has 1 heterocycles. The minimum Gasteiger partial charge on any atom is -0.394 e. The van der Waals surface area contributed by atoms with Gasteiger partial charge in [0.25, 0.3) is 0 Å². The molecule has 0 saturated carbocycles. The summed E-state index contributed by atoms with van der Waals surface area (Å²) in [5.41, 5.74) is 0. The molecule has 1 amide bonds. The summed E-state index contributed by atoms with van der Waals surface area (Å²) in [4.78, 5) is 11.5. The smallest absolute Gasteiger partial charge is 0.241 e. The molecule has 3 atom stereocenters. The van der Waals surface area contributed by atoms with E-state index in [2.05, 4.69) is 10.0 Å². The van der Waals surface area contributed by atoms with Crippen molar-refractivity contribution in [1.82, 2.24) is 10.0 Å². The number of carbonyl (C=O) groups is 1. The second kappa shape index (κ2) is 8.52. The summed E-state index contributed by atoms with van der Waals surface area (Å²) in [5.74, 6) is -0.736. The molecule has 0 fully saturated rings. The Labute approximate surface area is 145 Å². The van der Waals surface area contributed by atoms with E-state index < -0.39 is 40.7 Å². The molecule has 1 aromatic rings. The van der Waals surface area contributed by atoms with Gasteiger partial charge in [0.2, 0.25) is 15.9 Å². The van der Waals surface area contributed by atoms with Gasteiger partial charge in [0, 0.05) is 6.54 Å².